The number of nitrogens with one attached hydrogen (secondary N) is 1. The molecule has 0 aliphatic carbocycles. The molecule has 2 heterocycles. The first kappa shape index (κ1) is 18.3. The van der Waals surface area contributed by atoms with Gasteiger partial charge in [-0.05, 0) is 35.4 Å². The lowest BCUT2D eigenvalue weighted by molar-refractivity contribution is 0.227. The highest BCUT2D eigenvalue weighted by Crippen LogP contribution is 2.33. The van der Waals surface area contributed by atoms with Gasteiger partial charge in [-0.3, -0.25) is 4.98 Å². The fraction of sp³-hybridized carbons (Fsp3) is 0.261. The number of para-hydroxylation sites is 1. The molecule has 0 spiro atoms. The zero-order valence-corrected chi connectivity index (χ0v) is 16.1. The van der Waals surface area contributed by atoms with Crippen LogP contribution in [0.1, 0.15) is 11.1 Å². The third-order valence-corrected chi connectivity index (χ3v) is 4.93. The first-order chi connectivity index (χ1) is 13.8. The molecule has 1 aromatic heterocycles. The lowest BCUT2D eigenvalue weighted by Crippen LogP contribution is -2.29. The number of rotatable bonds is 7. The van der Waals surface area contributed by atoms with Gasteiger partial charge in [0.05, 0.1) is 14.2 Å². The van der Waals surface area contributed by atoms with Gasteiger partial charge in [0, 0.05) is 49.1 Å². The molecule has 1 aliphatic heterocycles. The van der Waals surface area contributed by atoms with Gasteiger partial charge in [-0.25, -0.2) is 0 Å². The molecule has 5 heteroatoms. The zero-order valence-electron chi connectivity index (χ0n) is 16.1. The highest BCUT2D eigenvalue weighted by atomic mass is 16.5. The van der Waals surface area contributed by atoms with E-state index in [1.165, 1.54) is 5.56 Å². The molecule has 28 heavy (non-hydrogen) atoms. The van der Waals surface area contributed by atoms with E-state index >= 15 is 0 Å². The molecule has 5 nitrogen and oxygen atoms in total. The van der Waals surface area contributed by atoms with Crippen molar-refractivity contribution in [2.24, 2.45) is 0 Å². The fourth-order valence-electron chi connectivity index (χ4n) is 3.51. The quantitative estimate of drug-likeness (QED) is 0.679. The summed E-state index contributed by atoms with van der Waals surface area (Å²) in [5.74, 6) is 2.54. The first-order valence-electron chi connectivity index (χ1n) is 9.38. The summed E-state index contributed by atoms with van der Waals surface area (Å²) in [5.41, 5.74) is 4.41. The molecular formula is C23H24N2O3. The van der Waals surface area contributed by atoms with Crippen LogP contribution in [0.3, 0.4) is 0 Å². The summed E-state index contributed by atoms with van der Waals surface area (Å²) in [5, 5.41) is 3.49. The van der Waals surface area contributed by atoms with Crippen LogP contribution in [-0.2, 0) is 13.0 Å². The van der Waals surface area contributed by atoms with E-state index in [-0.39, 0.29) is 6.10 Å². The number of methoxy groups -OCH3 is 2. The van der Waals surface area contributed by atoms with Crippen LogP contribution in [0, 0.1) is 0 Å². The molecular weight excluding hydrogens is 352 g/mol. The standard InChI is InChI=1S/C23H24N2O3/c1-26-19-7-8-21(23(11-19)27-2)18-9-16(12-24-14-18)13-25-15-20-10-17-5-3-4-6-22(17)28-20/h3-9,11-12,14,20,25H,10,13,15H2,1-2H3. The number of ether oxygens (including phenoxy) is 3. The number of hydrogen-bond donors (Lipinski definition) is 1. The van der Waals surface area contributed by atoms with Crippen LogP contribution in [0.5, 0.6) is 17.2 Å². The summed E-state index contributed by atoms with van der Waals surface area (Å²) >= 11 is 0. The average Bonchev–Trinajstić information content (AvgIpc) is 3.16. The Kier molecular flexibility index (Phi) is 5.44. The molecule has 0 bridgehead atoms. The third kappa shape index (κ3) is 3.94. The Bertz CT molecular complexity index is 933. The molecule has 0 radical (unpaired) electrons. The molecule has 0 fully saturated rings. The van der Waals surface area contributed by atoms with Crippen LogP contribution in [0.4, 0.5) is 0 Å². The van der Waals surface area contributed by atoms with Crippen LogP contribution < -0.4 is 19.5 Å². The summed E-state index contributed by atoms with van der Waals surface area (Å²) in [6.07, 6.45) is 4.86. The van der Waals surface area contributed by atoms with Crippen LogP contribution >= 0.6 is 0 Å². The number of pyridine rings is 1. The molecule has 0 amide bonds. The summed E-state index contributed by atoms with van der Waals surface area (Å²) < 4.78 is 16.8. The Morgan fingerprint density at radius 1 is 1.07 bits per heavy atom. The normalized spacial score (nSPS) is 15.0. The van der Waals surface area contributed by atoms with E-state index in [9.17, 15) is 0 Å². The number of aromatic nitrogens is 1. The number of nitrogens with zero attached hydrogens (tertiary/aromatic N) is 1. The number of hydrogen-bond acceptors (Lipinski definition) is 5. The van der Waals surface area contributed by atoms with Crippen LogP contribution in [0.2, 0.25) is 0 Å². The van der Waals surface area contributed by atoms with Crippen molar-refractivity contribution in [3.63, 3.8) is 0 Å². The second-order valence-electron chi connectivity index (χ2n) is 6.83. The monoisotopic (exact) mass is 376 g/mol. The van der Waals surface area contributed by atoms with Gasteiger partial charge in [0.2, 0.25) is 0 Å². The van der Waals surface area contributed by atoms with Crippen molar-refractivity contribution in [3.8, 4) is 28.4 Å². The molecule has 1 unspecified atom stereocenters. The lowest BCUT2D eigenvalue weighted by atomic mass is 10.0. The van der Waals surface area contributed by atoms with Gasteiger partial charge < -0.3 is 19.5 Å². The number of benzene rings is 2. The van der Waals surface area contributed by atoms with Crippen molar-refractivity contribution in [1.29, 1.82) is 0 Å². The molecule has 0 saturated carbocycles. The maximum Gasteiger partial charge on any atom is 0.130 e. The molecule has 3 aromatic rings. The molecule has 2 aromatic carbocycles. The molecule has 1 N–H and O–H groups in total. The van der Waals surface area contributed by atoms with Crippen molar-refractivity contribution in [2.45, 2.75) is 19.1 Å². The van der Waals surface area contributed by atoms with Gasteiger partial charge in [0.1, 0.15) is 23.4 Å². The smallest absolute Gasteiger partial charge is 0.130 e. The van der Waals surface area contributed by atoms with E-state index < -0.39 is 0 Å². The molecule has 0 saturated heterocycles. The predicted octanol–water partition coefficient (Wildman–Crippen LogP) is 3.86. The topological polar surface area (TPSA) is 52.6 Å². The minimum atomic E-state index is 0.176. The molecule has 4 rings (SSSR count). The first-order valence-corrected chi connectivity index (χ1v) is 9.38. The van der Waals surface area contributed by atoms with Crippen molar-refractivity contribution in [2.75, 3.05) is 20.8 Å². The van der Waals surface area contributed by atoms with E-state index in [0.717, 1.165) is 53.4 Å². The molecule has 1 atom stereocenters. The Morgan fingerprint density at radius 2 is 1.96 bits per heavy atom. The van der Waals surface area contributed by atoms with Crippen molar-refractivity contribution < 1.29 is 14.2 Å². The highest BCUT2D eigenvalue weighted by molar-refractivity contribution is 5.71. The van der Waals surface area contributed by atoms with E-state index in [1.807, 2.05) is 42.7 Å². The van der Waals surface area contributed by atoms with E-state index in [1.54, 1.807) is 14.2 Å². The summed E-state index contributed by atoms with van der Waals surface area (Å²) in [6.45, 7) is 1.53. The Balaban J connectivity index is 1.40. The second-order valence-corrected chi connectivity index (χ2v) is 6.83. The second kappa shape index (κ2) is 8.31. The zero-order chi connectivity index (χ0) is 19.3. The van der Waals surface area contributed by atoms with E-state index in [4.69, 9.17) is 14.2 Å². The van der Waals surface area contributed by atoms with E-state index in [0.29, 0.717) is 0 Å². The van der Waals surface area contributed by atoms with Crippen molar-refractivity contribution >= 4 is 0 Å². The van der Waals surface area contributed by atoms with Crippen molar-refractivity contribution in [1.82, 2.24) is 10.3 Å². The van der Waals surface area contributed by atoms with Crippen molar-refractivity contribution in [3.05, 3.63) is 72.1 Å². The average molecular weight is 376 g/mol. The van der Waals surface area contributed by atoms with Crippen LogP contribution in [0.25, 0.3) is 11.1 Å². The summed E-state index contributed by atoms with van der Waals surface area (Å²) in [6, 6.07) is 16.2. The van der Waals surface area contributed by atoms with Gasteiger partial charge in [0.25, 0.3) is 0 Å². The van der Waals surface area contributed by atoms with Gasteiger partial charge in [-0.1, -0.05) is 18.2 Å². The van der Waals surface area contributed by atoms with Gasteiger partial charge in [-0.15, -0.1) is 0 Å². The highest BCUT2D eigenvalue weighted by Gasteiger charge is 2.21. The minimum absolute atomic E-state index is 0.176. The molecule has 144 valence electrons. The van der Waals surface area contributed by atoms with Gasteiger partial charge in [0.15, 0.2) is 0 Å². The molecule has 1 aliphatic rings. The maximum absolute atomic E-state index is 5.98. The van der Waals surface area contributed by atoms with Crippen LogP contribution in [-0.4, -0.2) is 31.9 Å². The number of fused-ring (bicyclic) bond motifs is 1. The van der Waals surface area contributed by atoms with Gasteiger partial charge in [-0.2, -0.15) is 0 Å². The summed E-state index contributed by atoms with van der Waals surface area (Å²) in [4.78, 5) is 4.40. The Labute approximate surface area is 165 Å². The Morgan fingerprint density at radius 3 is 2.79 bits per heavy atom. The lowest BCUT2D eigenvalue weighted by Gasteiger charge is -2.13. The fourth-order valence-corrected chi connectivity index (χ4v) is 3.51. The third-order valence-electron chi connectivity index (χ3n) is 4.93. The Hall–Kier alpha value is -3.05. The largest absolute Gasteiger partial charge is 0.497 e. The predicted molar refractivity (Wildman–Crippen MR) is 109 cm³/mol. The minimum Gasteiger partial charge on any atom is -0.497 e. The van der Waals surface area contributed by atoms with E-state index in [2.05, 4.69) is 28.5 Å². The maximum atomic E-state index is 5.98. The van der Waals surface area contributed by atoms with Crippen LogP contribution in [0.15, 0.2) is 60.9 Å². The SMILES string of the molecule is COc1ccc(-c2cncc(CNCC3Cc4ccccc4O3)c2)c(OC)c1. The van der Waals surface area contributed by atoms with Gasteiger partial charge >= 0.3 is 0 Å². The summed E-state index contributed by atoms with van der Waals surface area (Å²) in [7, 11) is 3.31.